The van der Waals surface area contributed by atoms with E-state index in [1.54, 1.807) is 0 Å². The molecule has 0 unspecified atom stereocenters. The summed E-state index contributed by atoms with van der Waals surface area (Å²) in [5.41, 5.74) is 0. The second kappa shape index (κ2) is 6.33. The molecule has 0 saturated carbocycles. The second-order valence-corrected chi connectivity index (χ2v) is 4.19. The van der Waals surface area contributed by atoms with E-state index in [0.717, 1.165) is 0 Å². The number of hydrogen-bond acceptors (Lipinski definition) is 5. The van der Waals surface area contributed by atoms with Gasteiger partial charge in [-0.3, -0.25) is 4.55 Å². The first kappa shape index (κ1) is 14.7. The van der Waals surface area contributed by atoms with Crippen LogP contribution < -0.4 is 4.83 Å². The van der Waals surface area contributed by atoms with Crippen LogP contribution in [0.25, 0.3) is 0 Å². The molecule has 0 aliphatic rings. The largest absolute Gasteiger partial charge is 0.390 e. The van der Waals surface area contributed by atoms with Crippen LogP contribution in [0.15, 0.2) is 0 Å². The van der Waals surface area contributed by atoms with Gasteiger partial charge in [-0.05, 0) is 4.83 Å². The molecule has 15 heavy (non-hydrogen) atoms. The van der Waals surface area contributed by atoms with Gasteiger partial charge < -0.3 is 15.3 Å². The van der Waals surface area contributed by atoms with Gasteiger partial charge in [-0.1, -0.05) is 0 Å². The van der Waals surface area contributed by atoms with Crippen molar-refractivity contribution in [1.82, 2.24) is 4.83 Å². The predicted molar refractivity (Wildman–Crippen MR) is 50.8 cm³/mol. The van der Waals surface area contributed by atoms with Crippen LogP contribution >= 0.6 is 0 Å². The number of nitrogens with zero attached hydrogens (tertiary/aromatic N) is 1. The highest BCUT2D eigenvalue weighted by atomic mass is 32.2. The Balaban J connectivity index is 4.75. The van der Waals surface area contributed by atoms with Gasteiger partial charge in [0.05, 0.1) is 19.8 Å². The molecule has 0 rings (SSSR count). The summed E-state index contributed by atoms with van der Waals surface area (Å²) >= 11 is 0. The van der Waals surface area contributed by atoms with E-state index in [1.807, 2.05) is 4.83 Å². The third kappa shape index (κ3) is 5.99. The average Bonchev–Trinajstić information content (AvgIpc) is 2.01. The van der Waals surface area contributed by atoms with E-state index >= 15 is 0 Å². The van der Waals surface area contributed by atoms with Gasteiger partial charge in [-0.2, -0.15) is 8.42 Å². The third-order valence-electron chi connectivity index (χ3n) is 1.89. The molecule has 9 heteroatoms. The van der Waals surface area contributed by atoms with Gasteiger partial charge in [0.15, 0.2) is 0 Å². The Morgan fingerprint density at radius 3 is 1.47 bits per heavy atom. The normalized spacial score (nSPS) is 13.1. The Morgan fingerprint density at radius 1 is 0.933 bits per heavy atom. The molecule has 92 valence electrons. The molecule has 0 spiro atoms. The van der Waals surface area contributed by atoms with Crippen LogP contribution in [0.4, 0.5) is 0 Å². The SMILES string of the molecule is O=S(=O)(O)N[N+](CCO)(CCO)CCO. The Labute approximate surface area is 88.2 Å². The standard InChI is InChI=1S/C6H16N2O6S/c9-4-1-8(2-5-10,3-6-11)7-15(12,13)14/h7,9-11H,1-6H2/p+1. The minimum Gasteiger partial charge on any atom is -0.390 e. The van der Waals surface area contributed by atoms with Crippen molar-refractivity contribution >= 4 is 10.3 Å². The molecule has 0 amide bonds. The van der Waals surface area contributed by atoms with Crippen molar-refractivity contribution in [3.05, 3.63) is 0 Å². The first-order chi connectivity index (χ1) is 6.89. The number of aliphatic hydroxyl groups excluding tert-OH is 3. The Morgan fingerprint density at radius 2 is 1.27 bits per heavy atom. The van der Waals surface area contributed by atoms with E-state index < -0.39 is 14.9 Å². The molecule has 5 N–H and O–H groups in total. The minimum absolute atomic E-state index is 0.0547. The van der Waals surface area contributed by atoms with Crippen molar-refractivity contribution < 1.29 is 32.9 Å². The maximum atomic E-state index is 10.7. The molecule has 0 aliphatic carbocycles. The molecular weight excluding hydrogens is 228 g/mol. The van der Waals surface area contributed by atoms with Gasteiger partial charge in [-0.25, -0.2) is 4.59 Å². The fourth-order valence-corrected chi connectivity index (χ4v) is 2.05. The number of rotatable bonds is 8. The van der Waals surface area contributed by atoms with Crippen molar-refractivity contribution in [2.45, 2.75) is 0 Å². The first-order valence-electron chi connectivity index (χ1n) is 4.34. The zero-order valence-electron chi connectivity index (χ0n) is 8.20. The van der Waals surface area contributed by atoms with Crippen LogP contribution in [0.1, 0.15) is 0 Å². The minimum atomic E-state index is -4.46. The second-order valence-electron chi connectivity index (χ2n) is 3.05. The van der Waals surface area contributed by atoms with Crippen molar-refractivity contribution in [3.63, 3.8) is 0 Å². The number of aliphatic hydroxyl groups is 3. The average molecular weight is 245 g/mol. The molecule has 0 aliphatic heterocycles. The first-order valence-corrected chi connectivity index (χ1v) is 5.78. The van der Waals surface area contributed by atoms with Gasteiger partial charge in [0.2, 0.25) is 0 Å². The fourth-order valence-electron chi connectivity index (χ4n) is 1.29. The van der Waals surface area contributed by atoms with Crippen molar-refractivity contribution in [2.75, 3.05) is 39.5 Å². The lowest BCUT2D eigenvalue weighted by Crippen LogP contribution is -2.63. The summed E-state index contributed by atoms with van der Waals surface area (Å²) in [7, 11) is -4.46. The van der Waals surface area contributed by atoms with Crippen LogP contribution in [0.2, 0.25) is 0 Å². The molecule has 0 aromatic rings. The lowest BCUT2D eigenvalue weighted by Gasteiger charge is -2.34. The van der Waals surface area contributed by atoms with Gasteiger partial charge in [0.25, 0.3) is 0 Å². The molecular formula is C6H17N2O6S+. The lowest BCUT2D eigenvalue weighted by atomic mass is 10.4. The van der Waals surface area contributed by atoms with Crippen molar-refractivity contribution in [1.29, 1.82) is 0 Å². The van der Waals surface area contributed by atoms with Crippen LogP contribution in [-0.4, -0.2) is 72.3 Å². The maximum Gasteiger partial charge on any atom is 0.376 e. The van der Waals surface area contributed by atoms with E-state index in [9.17, 15) is 8.42 Å². The molecule has 0 heterocycles. The lowest BCUT2D eigenvalue weighted by molar-refractivity contribution is -0.957. The van der Waals surface area contributed by atoms with Gasteiger partial charge in [0, 0.05) is 0 Å². The smallest absolute Gasteiger partial charge is 0.376 e. The summed E-state index contributed by atoms with van der Waals surface area (Å²) in [6, 6.07) is 0. The Kier molecular flexibility index (Phi) is 6.20. The van der Waals surface area contributed by atoms with Crippen LogP contribution in [0.3, 0.4) is 0 Å². The monoisotopic (exact) mass is 245 g/mol. The zero-order valence-corrected chi connectivity index (χ0v) is 9.02. The topological polar surface area (TPSA) is 127 Å². The van der Waals surface area contributed by atoms with Crippen molar-refractivity contribution in [2.24, 2.45) is 0 Å². The van der Waals surface area contributed by atoms with E-state index in [-0.39, 0.29) is 39.5 Å². The summed E-state index contributed by atoms with van der Waals surface area (Å²) in [6.07, 6.45) is 0. The van der Waals surface area contributed by atoms with E-state index in [0.29, 0.717) is 0 Å². The molecule has 8 nitrogen and oxygen atoms in total. The number of quaternary nitrogens is 1. The molecule has 0 bridgehead atoms. The summed E-state index contributed by atoms with van der Waals surface area (Å²) in [5, 5.41) is 26.3. The van der Waals surface area contributed by atoms with E-state index in [1.165, 1.54) is 0 Å². The van der Waals surface area contributed by atoms with Crippen LogP contribution in [-0.2, 0) is 10.3 Å². The summed E-state index contributed by atoms with van der Waals surface area (Å²) in [5.74, 6) is 0. The predicted octanol–water partition coefficient (Wildman–Crippen LogP) is -2.91. The van der Waals surface area contributed by atoms with Crippen LogP contribution in [0.5, 0.6) is 0 Å². The Hall–Kier alpha value is -0.290. The third-order valence-corrected chi connectivity index (χ3v) is 2.51. The zero-order chi connectivity index (χ0) is 11.9. The number of hydrogen-bond donors (Lipinski definition) is 5. The molecule has 0 aromatic heterocycles. The molecule has 0 atom stereocenters. The maximum absolute atomic E-state index is 10.7. The van der Waals surface area contributed by atoms with Gasteiger partial charge >= 0.3 is 10.3 Å². The van der Waals surface area contributed by atoms with E-state index in [2.05, 4.69) is 0 Å². The highest BCUT2D eigenvalue weighted by Crippen LogP contribution is 2.02. The Bertz CT molecular complexity index is 250. The quantitative estimate of drug-likeness (QED) is 0.177. The summed E-state index contributed by atoms with van der Waals surface area (Å²) in [6.45, 7) is -1.20. The van der Waals surface area contributed by atoms with Crippen molar-refractivity contribution in [3.8, 4) is 0 Å². The van der Waals surface area contributed by atoms with Crippen LogP contribution in [0, 0.1) is 0 Å². The summed E-state index contributed by atoms with van der Waals surface area (Å²) < 4.78 is 29.4. The van der Waals surface area contributed by atoms with Gasteiger partial charge in [0.1, 0.15) is 19.6 Å². The fraction of sp³-hybridized carbons (Fsp3) is 1.00. The number of nitrogens with one attached hydrogen (secondary N) is 1. The molecule has 0 saturated heterocycles. The van der Waals surface area contributed by atoms with E-state index in [4.69, 9.17) is 19.9 Å². The molecule has 0 aromatic carbocycles. The highest BCUT2D eigenvalue weighted by Gasteiger charge is 2.31. The summed E-state index contributed by atoms with van der Waals surface area (Å²) in [4.78, 5) is 1.86. The molecule has 0 radical (unpaired) electrons. The molecule has 0 fully saturated rings. The highest BCUT2D eigenvalue weighted by molar-refractivity contribution is 7.83. The van der Waals surface area contributed by atoms with Gasteiger partial charge in [-0.15, -0.1) is 0 Å².